The van der Waals surface area contributed by atoms with E-state index in [4.69, 9.17) is 4.74 Å². The number of unbranched alkanes of at least 4 members (excludes halogenated alkanes) is 1. The monoisotopic (exact) mass is 263 g/mol. The smallest absolute Gasteiger partial charge is 0.119 e. The summed E-state index contributed by atoms with van der Waals surface area (Å²) in [5.74, 6) is 0.969. The third-order valence-electron chi connectivity index (χ3n) is 3.36. The number of ether oxygens (including phenoxy) is 1. The Morgan fingerprint density at radius 1 is 1.05 bits per heavy atom. The van der Waals surface area contributed by atoms with Gasteiger partial charge in [0.15, 0.2) is 0 Å². The van der Waals surface area contributed by atoms with Crippen LogP contribution in [-0.4, -0.2) is 31.6 Å². The molecular formula is C17H29NO. The van der Waals surface area contributed by atoms with Gasteiger partial charge in [0, 0.05) is 6.54 Å². The lowest BCUT2D eigenvalue weighted by Gasteiger charge is -2.19. The number of nitrogens with zero attached hydrogens (tertiary/aromatic N) is 1. The summed E-state index contributed by atoms with van der Waals surface area (Å²) < 4.78 is 5.78. The van der Waals surface area contributed by atoms with Crippen LogP contribution in [0.4, 0.5) is 0 Å². The van der Waals surface area contributed by atoms with Crippen molar-refractivity contribution in [2.75, 3.05) is 26.7 Å². The van der Waals surface area contributed by atoms with Crippen LogP contribution < -0.4 is 4.74 Å². The maximum absolute atomic E-state index is 5.78. The molecule has 0 aliphatic carbocycles. The first-order chi connectivity index (χ1) is 8.93. The van der Waals surface area contributed by atoms with Gasteiger partial charge in [0.2, 0.25) is 0 Å². The molecule has 0 saturated heterocycles. The summed E-state index contributed by atoms with van der Waals surface area (Å²) in [6.45, 7) is 11.8. The number of hydrogen-bond acceptors (Lipinski definition) is 2. The molecule has 0 bridgehead atoms. The minimum absolute atomic E-state index is 0.207. The van der Waals surface area contributed by atoms with E-state index in [0.717, 1.165) is 25.4 Å². The second kappa shape index (κ2) is 7.54. The highest BCUT2D eigenvalue weighted by atomic mass is 16.5. The van der Waals surface area contributed by atoms with E-state index in [0.29, 0.717) is 0 Å². The summed E-state index contributed by atoms with van der Waals surface area (Å²) in [6.07, 6.45) is 2.51. The van der Waals surface area contributed by atoms with E-state index in [1.165, 1.54) is 18.4 Å². The Morgan fingerprint density at radius 2 is 1.68 bits per heavy atom. The predicted octanol–water partition coefficient (Wildman–Crippen LogP) is 4.09. The lowest BCUT2D eigenvalue weighted by molar-refractivity contribution is 0.235. The van der Waals surface area contributed by atoms with Crippen LogP contribution in [0, 0.1) is 0 Å². The zero-order valence-electron chi connectivity index (χ0n) is 13.2. The van der Waals surface area contributed by atoms with Gasteiger partial charge < -0.3 is 9.64 Å². The average Bonchev–Trinajstić information content (AvgIpc) is 2.36. The summed E-state index contributed by atoms with van der Waals surface area (Å²) in [5.41, 5.74) is 1.55. The molecule has 0 N–H and O–H groups in total. The minimum Gasteiger partial charge on any atom is -0.492 e. The molecule has 0 unspecified atom stereocenters. The Balaban J connectivity index is 2.34. The standard InChI is InChI=1S/C17H29NO/c1-6-7-12-18(5)13-14-19-16-10-8-15(9-11-16)17(2,3)4/h8-11H,6-7,12-14H2,1-5H3. The van der Waals surface area contributed by atoms with Crippen molar-refractivity contribution in [3.63, 3.8) is 0 Å². The summed E-state index contributed by atoms with van der Waals surface area (Å²) in [4.78, 5) is 2.33. The normalized spacial score (nSPS) is 11.9. The predicted molar refractivity (Wildman–Crippen MR) is 83.0 cm³/mol. The molecule has 0 spiro atoms. The van der Waals surface area contributed by atoms with Gasteiger partial charge in [-0.15, -0.1) is 0 Å². The third-order valence-corrected chi connectivity index (χ3v) is 3.36. The number of likely N-dealkylation sites (N-methyl/N-ethyl adjacent to an activating group) is 1. The average molecular weight is 263 g/mol. The highest BCUT2D eigenvalue weighted by Gasteiger charge is 2.12. The fourth-order valence-electron chi connectivity index (χ4n) is 1.91. The molecule has 108 valence electrons. The molecular weight excluding hydrogens is 234 g/mol. The van der Waals surface area contributed by atoms with Gasteiger partial charge in [0.05, 0.1) is 0 Å². The Hall–Kier alpha value is -1.02. The molecule has 1 rings (SSSR count). The molecule has 0 aromatic heterocycles. The molecule has 0 amide bonds. The number of benzene rings is 1. The van der Waals surface area contributed by atoms with Gasteiger partial charge in [-0.05, 0) is 43.1 Å². The van der Waals surface area contributed by atoms with E-state index >= 15 is 0 Å². The van der Waals surface area contributed by atoms with Crippen molar-refractivity contribution < 1.29 is 4.74 Å². The third kappa shape index (κ3) is 6.11. The molecule has 0 radical (unpaired) electrons. The fraction of sp³-hybridized carbons (Fsp3) is 0.647. The van der Waals surface area contributed by atoms with Crippen LogP contribution in [-0.2, 0) is 5.41 Å². The highest BCUT2D eigenvalue weighted by molar-refractivity contribution is 5.31. The Bertz CT molecular complexity index is 351. The Labute approximate surface area is 118 Å². The second-order valence-corrected chi connectivity index (χ2v) is 6.28. The van der Waals surface area contributed by atoms with Crippen LogP contribution in [0.1, 0.15) is 46.1 Å². The molecule has 0 saturated carbocycles. The van der Waals surface area contributed by atoms with Crippen molar-refractivity contribution in [2.45, 2.75) is 46.0 Å². The Morgan fingerprint density at radius 3 is 2.21 bits per heavy atom. The van der Waals surface area contributed by atoms with Crippen molar-refractivity contribution in [3.05, 3.63) is 29.8 Å². The lowest BCUT2D eigenvalue weighted by Crippen LogP contribution is -2.25. The van der Waals surface area contributed by atoms with Crippen LogP contribution in [0.3, 0.4) is 0 Å². The van der Waals surface area contributed by atoms with E-state index in [9.17, 15) is 0 Å². The van der Waals surface area contributed by atoms with E-state index < -0.39 is 0 Å². The van der Waals surface area contributed by atoms with E-state index in [-0.39, 0.29) is 5.41 Å². The van der Waals surface area contributed by atoms with Crippen LogP contribution in [0.2, 0.25) is 0 Å². The SMILES string of the molecule is CCCCN(C)CCOc1ccc(C(C)(C)C)cc1. The highest BCUT2D eigenvalue weighted by Crippen LogP contribution is 2.24. The van der Waals surface area contributed by atoms with Crippen molar-refractivity contribution in [3.8, 4) is 5.75 Å². The quantitative estimate of drug-likeness (QED) is 0.734. The van der Waals surface area contributed by atoms with Crippen LogP contribution in [0.5, 0.6) is 5.75 Å². The second-order valence-electron chi connectivity index (χ2n) is 6.28. The summed E-state index contributed by atoms with van der Waals surface area (Å²) in [7, 11) is 2.15. The first-order valence-electron chi connectivity index (χ1n) is 7.35. The molecule has 0 aliphatic heterocycles. The van der Waals surface area contributed by atoms with Crippen LogP contribution in [0.25, 0.3) is 0 Å². The number of rotatable bonds is 7. The van der Waals surface area contributed by atoms with Crippen molar-refractivity contribution in [1.29, 1.82) is 0 Å². The fourth-order valence-corrected chi connectivity index (χ4v) is 1.91. The topological polar surface area (TPSA) is 12.5 Å². The maximum atomic E-state index is 5.78. The molecule has 0 heterocycles. The van der Waals surface area contributed by atoms with Gasteiger partial charge in [0.1, 0.15) is 12.4 Å². The van der Waals surface area contributed by atoms with Crippen molar-refractivity contribution in [2.24, 2.45) is 0 Å². The van der Waals surface area contributed by atoms with Gasteiger partial charge in [-0.3, -0.25) is 0 Å². The molecule has 0 fully saturated rings. The zero-order chi connectivity index (χ0) is 14.3. The van der Waals surface area contributed by atoms with Gasteiger partial charge in [-0.2, -0.15) is 0 Å². The number of hydrogen-bond donors (Lipinski definition) is 0. The van der Waals surface area contributed by atoms with Gasteiger partial charge in [-0.1, -0.05) is 46.2 Å². The van der Waals surface area contributed by atoms with Gasteiger partial charge >= 0.3 is 0 Å². The molecule has 2 nitrogen and oxygen atoms in total. The summed E-state index contributed by atoms with van der Waals surface area (Å²) >= 11 is 0. The van der Waals surface area contributed by atoms with Crippen LogP contribution >= 0.6 is 0 Å². The minimum atomic E-state index is 0.207. The first-order valence-corrected chi connectivity index (χ1v) is 7.35. The van der Waals surface area contributed by atoms with E-state index in [1.807, 2.05) is 0 Å². The van der Waals surface area contributed by atoms with Crippen molar-refractivity contribution in [1.82, 2.24) is 4.90 Å². The first kappa shape index (κ1) is 16.0. The molecule has 19 heavy (non-hydrogen) atoms. The van der Waals surface area contributed by atoms with Gasteiger partial charge in [0.25, 0.3) is 0 Å². The zero-order valence-corrected chi connectivity index (χ0v) is 13.2. The Kier molecular flexibility index (Phi) is 6.36. The largest absolute Gasteiger partial charge is 0.492 e. The molecule has 0 atom stereocenters. The molecule has 1 aromatic carbocycles. The maximum Gasteiger partial charge on any atom is 0.119 e. The summed E-state index contributed by atoms with van der Waals surface area (Å²) in [6, 6.07) is 8.48. The summed E-state index contributed by atoms with van der Waals surface area (Å²) in [5, 5.41) is 0. The van der Waals surface area contributed by atoms with Crippen LogP contribution in [0.15, 0.2) is 24.3 Å². The molecule has 1 aromatic rings. The van der Waals surface area contributed by atoms with Crippen molar-refractivity contribution >= 4 is 0 Å². The van der Waals surface area contributed by atoms with Gasteiger partial charge in [-0.25, -0.2) is 0 Å². The molecule has 0 aliphatic rings. The lowest BCUT2D eigenvalue weighted by atomic mass is 9.87. The van der Waals surface area contributed by atoms with E-state index in [1.54, 1.807) is 0 Å². The van der Waals surface area contributed by atoms with E-state index in [2.05, 4.69) is 63.9 Å². The molecule has 2 heteroatoms.